The molecule has 1 saturated heterocycles. The highest BCUT2D eigenvalue weighted by Gasteiger charge is 2.26. The Morgan fingerprint density at radius 2 is 2.00 bits per heavy atom. The van der Waals surface area contributed by atoms with Crippen LogP contribution in [0.2, 0.25) is 0 Å². The number of hydrogen-bond acceptors (Lipinski definition) is 1. The Labute approximate surface area is 108 Å². The summed E-state index contributed by atoms with van der Waals surface area (Å²) < 4.78 is 27.5. The van der Waals surface area contributed by atoms with Gasteiger partial charge < -0.3 is 0 Å². The first kappa shape index (κ1) is 13.5. The smallest absolute Gasteiger partial charge is 0.130 e. The number of piperidine rings is 1. The van der Waals surface area contributed by atoms with Crippen molar-refractivity contribution in [2.24, 2.45) is 5.92 Å². The third kappa shape index (κ3) is 2.72. The summed E-state index contributed by atoms with van der Waals surface area (Å²) in [4.78, 5) is 2.21. The molecule has 0 radical (unpaired) electrons. The molecule has 1 heterocycles. The topological polar surface area (TPSA) is 3.24 Å². The molecule has 0 saturated carbocycles. The van der Waals surface area contributed by atoms with Gasteiger partial charge in [0, 0.05) is 18.2 Å². The second kappa shape index (κ2) is 5.79. The van der Waals surface area contributed by atoms with E-state index < -0.39 is 11.6 Å². The van der Waals surface area contributed by atoms with Crippen LogP contribution in [0.1, 0.15) is 44.7 Å². The van der Waals surface area contributed by atoms with Gasteiger partial charge in [-0.1, -0.05) is 19.4 Å². The maximum atomic E-state index is 13.8. The van der Waals surface area contributed by atoms with Gasteiger partial charge in [0.1, 0.15) is 11.6 Å². The zero-order chi connectivity index (χ0) is 13.1. The lowest BCUT2D eigenvalue weighted by molar-refractivity contribution is 0.125. The molecule has 0 bridgehead atoms. The summed E-state index contributed by atoms with van der Waals surface area (Å²) in [6.45, 7) is 5.97. The molecule has 1 fully saturated rings. The lowest BCUT2D eigenvalue weighted by atomic mass is 9.93. The van der Waals surface area contributed by atoms with E-state index in [4.69, 9.17) is 0 Å². The van der Waals surface area contributed by atoms with Gasteiger partial charge in [-0.2, -0.15) is 0 Å². The summed E-state index contributed by atoms with van der Waals surface area (Å²) in [5.41, 5.74) is 0.217. The SMILES string of the molecule is CC[C@H]1CCCN([C@@H](C)c2c(F)cccc2F)C1. The number of hydrogen-bond donors (Lipinski definition) is 0. The normalized spacial score (nSPS) is 23.0. The van der Waals surface area contributed by atoms with Crippen molar-refractivity contribution >= 4 is 0 Å². The van der Waals surface area contributed by atoms with Gasteiger partial charge in [0.2, 0.25) is 0 Å². The highest BCUT2D eigenvalue weighted by molar-refractivity contribution is 5.23. The van der Waals surface area contributed by atoms with Crippen molar-refractivity contribution in [3.05, 3.63) is 35.4 Å². The number of halogens is 2. The molecule has 1 aromatic rings. The Balaban J connectivity index is 2.17. The van der Waals surface area contributed by atoms with Crippen LogP contribution in [0.15, 0.2) is 18.2 Å². The van der Waals surface area contributed by atoms with Gasteiger partial charge in [-0.25, -0.2) is 8.78 Å². The Kier molecular flexibility index (Phi) is 4.33. The Morgan fingerprint density at radius 1 is 1.33 bits per heavy atom. The number of benzene rings is 1. The standard InChI is InChI=1S/C15H21F2N/c1-3-12-6-5-9-18(10-12)11(2)15-13(16)7-4-8-14(15)17/h4,7-8,11-12H,3,5-6,9-10H2,1-2H3/t11-,12-/m0/s1. The van der Waals surface area contributed by atoms with E-state index in [0.29, 0.717) is 5.92 Å². The van der Waals surface area contributed by atoms with E-state index in [0.717, 1.165) is 25.9 Å². The van der Waals surface area contributed by atoms with Crippen molar-refractivity contribution in [1.82, 2.24) is 4.90 Å². The molecule has 0 unspecified atom stereocenters. The summed E-state index contributed by atoms with van der Waals surface area (Å²) in [6, 6.07) is 3.93. The summed E-state index contributed by atoms with van der Waals surface area (Å²) in [6.07, 6.45) is 3.50. The number of nitrogens with zero attached hydrogens (tertiary/aromatic N) is 1. The van der Waals surface area contributed by atoms with Crippen LogP contribution < -0.4 is 0 Å². The second-order valence-electron chi connectivity index (χ2n) is 5.22. The Hall–Kier alpha value is -0.960. The van der Waals surface area contributed by atoms with Gasteiger partial charge in [0.05, 0.1) is 0 Å². The highest BCUT2D eigenvalue weighted by atomic mass is 19.1. The fraction of sp³-hybridized carbons (Fsp3) is 0.600. The average molecular weight is 253 g/mol. The first-order valence-electron chi connectivity index (χ1n) is 6.81. The van der Waals surface area contributed by atoms with E-state index in [9.17, 15) is 8.78 Å². The van der Waals surface area contributed by atoms with Crippen molar-refractivity contribution in [3.8, 4) is 0 Å². The van der Waals surface area contributed by atoms with E-state index in [2.05, 4.69) is 11.8 Å². The second-order valence-corrected chi connectivity index (χ2v) is 5.22. The molecular weight excluding hydrogens is 232 g/mol. The first-order valence-corrected chi connectivity index (χ1v) is 6.81. The molecule has 2 rings (SSSR count). The van der Waals surface area contributed by atoms with Crippen molar-refractivity contribution in [1.29, 1.82) is 0 Å². The van der Waals surface area contributed by atoms with Crippen LogP contribution >= 0.6 is 0 Å². The van der Waals surface area contributed by atoms with E-state index in [-0.39, 0.29) is 11.6 Å². The monoisotopic (exact) mass is 253 g/mol. The summed E-state index contributed by atoms with van der Waals surface area (Å²) in [5, 5.41) is 0. The fourth-order valence-corrected chi connectivity index (χ4v) is 2.87. The molecular formula is C15H21F2N. The average Bonchev–Trinajstić information content (AvgIpc) is 2.38. The minimum absolute atomic E-state index is 0.180. The summed E-state index contributed by atoms with van der Waals surface area (Å²) in [7, 11) is 0. The molecule has 0 amide bonds. The minimum Gasteiger partial charge on any atom is -0.296 e. The molecule has 0 spiro atoms. The molecule has 0 aliphatic carbocycles. The molecule has 0 aromatic heterocycles. The third-order valence-electron chi connectivity index (χ3n) is 4.09. The molecule has 1 nitrogen and oxygen atoms in total. The van der Waals surface area contributed by atoms with Gasteiger partial charge in [0.25, 0.3) is 0 Å². The van der Waals surface area contributed by atoms with Crippen molar-refractivity contribution < 1.29 is 8.78 Å². The van der Waals surface area contributed by atoms with E-state index in [1.807, 2.05) is 6.92 Å². The Bertz CT molecular complexity index is 385. The van der Waals surface area contributed by atoms with Crippen LogP contribution in [0.25, 0.3) is 0 Å². The molecule has 1 aliphatic heterocycles. The van der Waals surface area contributed by atoms with Crippen molar-refractivity contribution in [2.45, 2.75) is 39.2 Å². The van der Waals surface area contributed by atoms with E-state index in [1.54, 1.807) is 0 Å². The van der Waals surface area contributed by atoms with E-state index in [1.165, 1.54) is 24.6 Å². The van der Waals surface area contributed by atoms with Crippen LogP contribution in [0.3, 0.4) is 0 Å². The van der Waals surface area contributed by atoms with Crippen LogP contribution in [0.5, 0.6) is 0 Å². The quantitative estimate of drug-likeness (QED) is 0.782. The lowest BCUT2D eigenvalue weighted by Crippen LogP contribution is -2.37. The zero-order valence-corrected chi connectivity index (χ0v) is 11.1. The number of rotatable bonds is 3. The zero-order valence-electron chi connectivity index (χ0n) is 11.1. The maximum absolute atomic E-state index is 13.8. The Morgan fingerprint density at radius 3 is 2.61 bits per heavy atom. The first-order chi connectivity index (χ1) is 8.63. The van der Waals surface area contributed by atoms with E-state index >= 15 is 0 Å². The molecule has 2 atom stereocenters. The minimum atomic E-state index is -0.430. The molecule has 1 aliphatic rings. The van der Waals surface area contributed by atoms with Gasteiger partial charge in [-0.3, -0.25) is 4.90 Å². The maximum Gasteiger partial charge on any atom is 0.130 e. The third-order valence-corrected chi connectivity index (χ3v) is 4.09. The van der Waals surface area contributed by atoms with Gasteiger partial charge in [-0.05, 0) is 44.4 Å². The van der Waals surface area contributed by atoms with Crippen molar-refractivity contribution in [2.75, 3.05) is 13.1 Å². The van der Waals surface area contributed by atoms with Crippen LogP contribution in [0, 0.1) is 17.6 Å². The predicted octanol–water partition coefficient (Wildman–Crippen LogP) is 4.15. The van der Waals surface area contributed by atoms with Gasteiger partial charge in [-0.15, -0.1) is 0 Å². The number of likely N-dealkylation sites (tertiary alicyclic amines) is 1. The van der Waals surface area contributed by atoms with Crippen LogP contribution in [-0.2, 0) is 0 Å². The van der Waals surface area contributed by atoms with Crippen LogP contribution in [0.4, 0.5) is 8.78 Å². The molecule has 18 heavy (non-hydrogen) atoms. The summed E-state index contributed by atoms with van der Waals surface area (Å²) in [5.74, 6) is -0.196. The molecule has 1 aromatic carbocycles. The predicted molar refractivity (Wildman–Crippen MR) is 69.4 cm³/mol. The summed E-state index contributed by atoms with van der Waals surface area (Å²) >= 11 is 0. The van der Waals surface area contributed by atoms with Gasteiger partial charge in [0.15, 0.2) is 0 Å². The molecule has 0 N–H and O–H groups in total. The van der Waals surface area contributed by atoms with Crippen molar-refractivity contribution in [3.63, 3.8) is 0 Å². The van der Waals surface area contributed by atoms with Crippen LogP contribution in [-0.4, -0.2) is 18.0 Å². The molecule has 3 heteroatoms. The highest BCUT2D eigenvalue weighted by Crippen LogP contribution is 2.30. The molecule has 100 valence electrons. The largest absolute Gasteiger partial charge is 0.296 e. The fourth-order valence-electron chi connectivity index (χ4n) is 2.87. The van der Waals surface area contributed by atoms with Gasteiger partial charge >= 0.3 is 0 Å². The lowest BCUT2D eigenvalue weighted by Gasteiger charge is -2.36.